The molecule has 5 nitrogen and oxygen atoms in total. The number of amides is 2. The molecule has 0 radical (unpaired) electrons. The third kappa shape index (κ3) is 4.83. The first-order chi connectivity index (χ1) is 11.0. The van der Waals surface area contributed by atoms with Gasteiger partial charge in [-0.15, -0.1) is 0 Å². The van der Waals surface area contributed by atoms with Gasteiger partial charge < -0.3 is 10.6 Å². The summed E-state index contributed by atoms with van der Waals surface area (Å²) in [5.41, 5.74) is 0.528. The Labute approximate surface area is 150 Å². The first-order valence-corrected chi connectivity index (χ1v) is 9.35. The molecule has 1 saturated heterocycles. The Hall–Kier alpha value is -1.31. The van der Waals surface area contributed by atoms with Gasteiger partial charge in [-0.3, -0.25) is 14.5 Å². The van der Waals surface area contributed by atoms with E-state index in [0.29, 0.717) is 28.8 Å². The Morgan fingerprint density at radius 1 is 1.43 bits per heavy atom. The normalized spacial score (nSPS) is 17.3. The van der Waals surface area contributed by atoms with Crippen molar-refractivity contribution in [3.05, 3.63) is 34.9 Å². The van der Waals surface area contributed by atoms with Gasteiger partial charge in [-0.1, -0.05) is 11.6 Å². The zero-order valence-electron chi connectivity index (χ0n) is 12.7. The van der Waals surface area contributed by atoms with E-state index in [2.05, 4.69) is 10.6 Å². The Morgan fingerprint density at radius 3 is 2.78 bits per heavy atom. The minimum Gasteiger partial charge on any atom is -0.350 e. The average Bonchev–Trinajstić information content (AvgIpc) is 2.80. The average molecular weight is 372 g/mol. The monoisotopic (exact) mass is 371 g/mol. The summed E-state index contributed by atoms with van der Waals surface area (Å²) in [4.78, 5) is 25.8. The van der Waals surface area contributed by atoms with Gasteiger partial charge in [0.1, 0.15) is 6.04 Å². The number of nitrogens with zero attached hydrogens (tertiary/aromatic N) is 1. The maximum absolute atomic E-state index is 12.2. The molecule has 124 valence electrons. The number of thioether (sulfide) groups is 1. The lowest BCUT2D eigenvalue weighted by Gasteiger charge is -2.15. The molecule has 0 spiro atoms. The molecule has 0 aliphatic carbocycles. The third-order valence-corrected chi connectivity index (χ3v) is 4.68. The number of halogens is 1. The van der Waals surface area contributed by atoms with Crippen molar-refractivity contribution < 1.29 is 9.59 Å². The predicted molar refractivity (Wildman–Crippen MR) is 98.0 cm³/mol. The first kappa shape index (κ1) is 18.0. The van der Waals surface area contributed by atoms with Crippen molar-refractivity contribution in [1.82, 2.24) is 15.5 Å². The van der Waals surface area contributed by atoms with Crippen LogP contribution in [-0.2, 0) is 4.79 Å². The zero-order chi connectivity index (χ0) is 16.8. The van der Waals surface area contributed by atoms with Crippen LogP contribution in [-0.4, -0.2) is 53.0 Å². The van der Waals surface area contributed by atoms with E-state index in [0.717, 1.165) is 12.2 Å². The standard InChI is InChI=1S/C15H18ClN3O2S2/c1-23-9-6-12-14(21)19(15(22)18-12)8-7-17-13(20)10-2-4-11(16)5-3-10/h2-5,12H,6-9H2,1H3,(H,17,20)(H,18,22). The molecule has 0 saturated carbocycles. The largest absolute Gasteiger partial charge is 0.350 e. The molecule has 0 aromatic heterocycles. The van der Waals surface area contributed by atoms with Gasteiger partial charge in [0.25, 0.3) is 11.8 Å². The molecule has 1 heterocycles. The van der Waals surface area contributed by atoms with Crippen molar-refractivity contribution in [1.29, 1.82) is 0 Å². The lowest BCUT2D eigenvalue weighted by Crippen LogP contribution is -2.39. The van der Waals surface area contributed by atoms with Gasteiger partial charge in [0.05, 0.1) is 0 Å². The summed E-state index contributed by atoms with van der Waals surface area (Å²) in [6.45, 7) is 0.698. The molecule has 2 N–H and O–H groups in total. The second-order valence-corrected chi connectivity index (χ2v) is 6.84. The maximum Gasteiger partial charge on any atom is 0.251 e. The Kier molecular flexibility index (Phi) is 6.68. The van der Waals surface area contributed by atoms with Gasteiger partial charge in [-0.25, -0.2) is 0 Å². The highest BCUT2D eigenvalue weighted by Crippen LogP contribution is 2.12. The van der Waals surface area contributed by atoms with E-state index in [1.807, 2.05) is 6.26 Å². The van der Waals surface area contributed by atoms with E-state index in [1.165, 1.54) is 4.90 Å². The van der Waals surface area contributed by atoms with Gasteiger partial charge in [0, 0.05) is 23.7 Å². The summed E-state index contributed by atoms with van der Waals surface area (Å²) in [6.07, 6.45) is 2.75. The van der Waals surface area contributed by atoms with Crippen LogP contribution in [0, 0.1) is 0 Å². The highest BCUT2D eigenvalue weighted by molar-refractivity contribution is 7.98. The molecule has 1 aromatic carbocycles. The summed E-state index contributed by atoms with van der Waals surface area (Å²) in [7, 11) is 0. The van der Waals surface area contributed by atoms with Crippen molar-refractivity contribution in [2.75, 3.05) is 25.1 Å². The van der Waals surface area contributed by atoms with Crippen LogP contribution in [0.4, 0.5) is 0 Å². The fourth-order valence-electron chi connectivity index (χ4n) is 2.20. The number of rotatable bonds is 7. The highest BCUT2D eigenvalue weighted by atomic mass is 35.5. The summed E-state index contributed by atoms with van der Waals surface area (Å²) in [5, 5.41) is 6.82. The molecule has 8 heteroatoms. The van der Waals surface area contributed by atoms with Crippen LogP contribution in [0.2, 0.25) is 5.02 Å². The maximum atomic E-state index is 12.2. The number of carbonyl (C=O) groups excluding carboxylic acids is 2. The van der Waals surface area contributed by atoms with Gasteiger partial charge in [-0.05, 0) is 54.9 Å². The number of benzene rings is 1. The van der Waals surface area contributed by atoms with Crippen LogP contribution in [0.5, 0.6) is 0 Å². The highest BCUT2D eigenvalue weighted by Gasteiger charge is 2.34. The Balaban J connectivity index is 1.81. The summed E-state index contributed by atoms with van der Waals surface area (Å²) in [5.74, 6) is 0.670. The Morgan fingerprint density at radius 2 is 2.13 bits per heavy atom. The summed E-state index contributed by atoms with van der Waals surface area (Å²) >= 11 is 12.7. The number of hydrogen-bond acceptors (Lipinski definition) is 4. The lowest BCUT2D eigenvalue weighted by atomic mass is 10.2. The molecular formula is C15H18ClN3O2S2. The number of nitrogens with one attached hydrogen (secondary N) is 2. The summed E-state index contributed by atoms with van der Waals surface area (Å²) in [6, 6.07) is 6.39. The fourth-order valence-corrected chi connectivity index (χ4v) is 3.13. The minimum absolute atomic E-state index is 0.0233. The summed E-state index contributed by atoms with van der Waals surface area (Å²) < 4.78 is 0. The van der Waals surface area contributed by atoms with Gasteiger partial charge in [0.15, 0.2) is 5.11 Å². The van der Waals surface area contributed by atoms with Gasteiger partial charge in [0.2, 0.25) is 0 Å². The molecule has 1 aliphatic rings. The van der Waals surface area contributed by atoms with E-state index in [1.54, 1.807) is 36.0 Å². The van der Waals surface area contributed by atoms with Crippen molar-refractivity contribution in [3.63, 3.8) is 0 Å². The van der Waals surface area contributed by atoms with E-state index < -0.39 is 0 Å². The molecule has 2 rings (SSSR count). The SMILES string of the molecule is CSCCC1NC(=S)N(CCNC(=O)c2ccc(Cl)cc2)C1=O. The number of carbonyl (C=O) groups is 2. The van der Waals surface area contributed by atoms with Crippen LogP contribution in [0.3, 0.4) is 0 Å². The molecule has 1 fully saturated rings. The van der Waals surface area contributed by atoms with Crippen molar-refractivity contribution in [2.45, 2.75) is 12.5 Å². The predicted octanol–water partition coefficient (Wildman–Crippen LogP) is 1.91. The molecule has 1 aliphatic heterocycles. The first-order valence-electron chi connectivity index (χ1n) is 7.17. The molecule has 23 heavy (non-hydrogen) atoms. The zero-order valence-corrected chi connectivity index (χ0v) is 15.1. The van der Waals surface area contributed by atoms with Crippen LogP contribution < -0.4 is 10.6 Å². The smallest absolute Gasteiger partial charge is 0.251 e. The van der Waals surface area contributed by atoms with E-state index in [9.17, 15) is 9.59 Å². The molecule has 2 amide bonds. The number of thiocarbonyl (C=S) groups is 1. The van der Waals surface area contributed by atoms with Gasteiger partial charge in [-0.2, -0.15) is 11.8 Å². The van der Waals surface area contributed by atoms with Gasteiger partial charge >= 0.3 is 0 Å². The lowest BCUT2D eigenvalue weighted by molar-refractivity contribution is -0.127. The molecule has 1 unspecified atom stereocenters. The van der Waals surface area contributed by atoms with Crippen molar-refractivity contribution in [2.24, 2.45) is 0 Å². The quantitative estimate of drug-likeness (QED) is 0.717. The molecule has 1 atom stereocenters. The van der Waals surface area contributed by atoms with Crippen LogP contribution in [0.25, 0.3) is 0 Å². The topological polar surface area (TPSA) is 61.4 Å². The van der Waals surface area contributed by atoms with Crippen LogP contribution >= 0.6 is 35.6 Å². The molecular weight excluding hydrogens is 354 g/mol. The van der Waals surface area contributed by atoms with Crippen molar-refractivity contribution >= 4 is 52.5 Å². The van der Waals surface area contributed by atoms with Crippen molar-refractivity contribution in [3.8, 4) is 0 Å². The second kappa shape index (κ2) is 8.52. The minimum atomic E-state index is -0.248. The van der Waals surface area contributed by atoms with E-state index in [4.69, 9.17) is 23.8 Å². The van der Waals surface area contributed by atoms with Crippen LogP contribution in [0.1, 0.15) is 16.8 Å². The molecule has 1 aromatic rings. The van der Waals surface area contributed by atoms with E-state index in [-0.39, 0.29) is 17.9 Å². The third-order valence-electron chi connectivity index (χ3n) is 3.45. The fraction of sp³-hybridized carbons (Fsp3) is 0.400. The number of hydrogen-bond donors (Lipinski definition) is 2. The molecule has 0 bridgehead atoms. The van der Waals surface area contributed by atoms with Crippen LogP contribution in [0.15, 0.2) is 24.3 Å². The second-order valence-electron chi connectivity index (χ2n) is 5.04. The van der Waals surface area contributed by atoms with E-state index >= 15 is 0 Å². The Bertz CT molecular complexity index is 595.